The van der Waals surface area contributed by atoms with Gasteiger partial charge >= 0.3 is 0 Å². The van der Waals surface area contributed by atoms with Gasteiger partial charge < -0.3 is 14.8 Å². The molecule has 4 nitrogen and oxygen atoms in total. The minimum absolute atomic E-state index is 0.0581. The zero-order chi connectivity index (χ0) is 11.7. The summed E-state index contributed by atoms with van der Waals surface area (Å²) in [6, 6.07) is 2.07. The molecule has 2 rings (SSSR count). The normalized spacial score (nSPS) is 21.2. The minimum atomic E-state index is 0.0581. The van der Waals surface area contributed by atoms with Crippen LogP contribution in [0.1, 0.15) is 17.4 Å². The highest BCUT2D eigenvalue weighted by Gasteiger charge is 2.23. The third-order valence-corrected chi connectivity index (χ3v) is 3.05. The van der Waals surface area contributed by atoms with E-state index in [9.17, 15) is 4.79 Å². The molecule has 16 heavy (non-hydrogen) atoms. The Kier molecular flexibility index (Phi) is 3.21. The molecule has 0 aromatic carbocycles. The van der Waals surface area contributed by atoms with E-state index in [1.54, 1.807) is 16.8 Å². The van der Waals surface area contributed by atoms with E-state index >= 15 is 0 Å². The number of halogens is 1. The SMILES string of the molecule is C[C@@H]1CN(C(=O)c2cc(Cl)cn2C)CCN1. The first-order valence-electron chi connectivity index (χ1n) is 5.42. The second-order valence-corrected chi connectivity index (χ2v) is 4.70. The van der Waals surface area contributed by atoms with Crippen LogP contribution in [0.25, 0.3) is 0 Å². The minimum Gasteiger partial charge on any atom is -0.345 e. The highest BCUT2D eigenvalue weighted by molar-refractivity contribution is 6.31. The van der Waals surface area contributed by atoms with Crippen molar-refractivity contribution in [3.63, 3.8) is 0 Å². The molecule has 0 spiro atoms. The molecule has 1 N–H and O–H groups in total. The molecule has 1 fully saturated rings. The number of aromatic nitrogens is 1. The summed E-state index contributed by atoms with van der Waals surface area (Å²) in [5.41, 5.74) is 0.652. The number of aryl methyl sites for hydroxylation is 1. The number of carbonyl (C=O) groups is 1. The molecular weight excluding hydrogens is 226 g/mol. The lowest BCUT2D eigenvalue weighted by Gasteiger charge is -2.31. The lowest BCUT2D eigenvalue weighted by molar-refractivity contribution is 0.0699. The molecule has 0 radical (unpaired) electrons. The van der Waals surface area contributed by atoms with Crippen LogP contribution in [0.15, 0.2) is 12.3 Å². The molecular formula is C11H16ClN3O. The Balaban J connectivity index is 2.15. The molecule has 1 atom stereocenters. The Bertz CT molecular complexity index is 402. The van der Waals surface area contributed by atoms with Gasteiger partial charge in [-0.05, 0) is 13.0 Å². The maximum atomic E-state index is 12.2. The third-order valence-electron chi connectivity index (χ3n) is 2.85. The van der Waals surface area contributed by atoms with E-state index in [1.165, 1.54) is 0 Å². The Labute approximate surface area is 100 Å². The second-order valence-electron chi connectivity index (χ2n) is 4.26. The van der Waals surface area contributed by atoms with Gasteiger partial charge in [-0.3, -0.25) is 4.79 Å². The number of rotatable bonds is 1. The first-order chi connectivity index (χ1) is 7.58. The van der Waals surface area contributed by atoms with Crippen molar-refractivity contribution < 1.29 is 4.79 Å². The van der Waals surface area contributed by atoms with Crippen LogP contribution in [0, 0.1) is 0 Å². The molecule has 1 saturated heterocycles. The molecule has 1 aliphatic heterocycles. The van der Waals surface area contributed by atoms with E-state index in [1.807, 2.05) is 11.9 Å². The number of carbonyl (C=O) groups excluding carboxylic acids is 1. The van der Waals surface area contributed by atoms with Crippen LogP contribution >= 0.6 is 11.6 Å². The molecule has 0 aliphatic carbocycles. The zero-order valence-corrected chi connectivity index (χ0v) is 10.3. The van der Waals surface area contributed by atoms with E-state index in [2.05, 4.69) is 12.2 Å². The molecule has 5 heteroatoms. The van der Waals surface area contributed by atoms with Crippen LogP contribution in [0.3, 0.4) is 0 Å². The van der Waals surface area contributed by atoms with Crippen LogP contribution in [-0.4, -0.2) is 41.1 Å². The summed E-state index contributed by atoms with van der Waals surface area (Å²) >= 11 is 5.87. The monoisotopic (exact) mass is 241 g/mol. The van der Waals surface area contributed by atoms with E-state index < -0.39 is 0 Å². The molecule has 1 aromatic rings. The summed E-state index contributed by atoms with van der Waals surface area (Å²) < 4.78 is 1.78. The van der Waals surface area contributed by atoms with Crippen molar-refractivity contribution in [1.29, 1.82) is 0 Å². The molecule has 1 aromatic heterocycles. The van der Waals surface area contributed by atoms with E-state index in [0.717, 1.165) is 19.6 Å². The van der Waals surface area contributed by atoms with Crippen molar-refractivity contribution in [1.82, 2.24) is 14.8 Å². The van der Waals surface area contributed by atoms with E-state index in [0.29, 0.717) is 16.8 Å². The van der Waals surface area contributed by atoms with Crippen molar-refractivity contribution in [3.8, 4) is 0 Å². The van der Waals surface area contributed by atoms with E-state index in [-0.39, 0.29) is 5.91 Å². The summed E-state index contributed by atoms with van der Waals surface area (Å²) in [6.07, 6.45) is 1.75. The van der Waals surface area contributed by atoms with Gasteiger partial charge in [0.05, 0.1) is 5.02 Å². The lowest BCUT2D eigenvalue weighted by Crippen LogP contribution is -2.51. The molecule has 0 unspecified atom stereocenters. The van der Waals surface area contributed by atoms with Crippen molar-refractivity contribution in [2.45, 2.75) is 13.0 Å². The summed E-state index contributed by atoms with van der Waals surface area (Å²) in [7, 11) is 1.84. The molecule has 1 aliphatic rings. The Hall–Kier alpha value is -1.00. The summed E-state index contributed by atoms with van der Waals surface area (Å²) in [6.45, 7) is 4.44. The fraction of sp³-hybridized carbons (Fsp3) is 0.545. The summed E-state index contributed by atoms with van der Waals surface area (Å²) in [5.74, 6) is 0.0581. The third kappa shape index (κ3) is 2.23. The number of nitrogens with one attached hydrogen (secondary N) is 1. The molecule has 0 bridgehead atoms. The van der Waals surface area contributed by atoms with Gasteiger partial charge in [0.15, 0.2) is 0 Å². The van der Waals surface area contributed by atoms with Crippen molar-refractivity contribution >= 4 is 17.5 Å². The largest absolute Gasteiger partial charge is 0.345 e. The van der Waals surface area contributed by atoms with Gasteiger partial charge in [0.25, 0.3) is 5.91 Å². The highest BCUT2D eigenvalue weighted by atomic mass is 35.5. The van der Waals surface area contributed by atoms with Gasteiger partial charge in [0, 0.05) is 38.9 Å². The van der Waals surface area contributed by atoms with Crippen LogP contribution < -0.4 is 5.32 Å². The van der Waals surface area contributed by atoms with Crippen LogP contribution in [0.2, 0.25) is 5.02 Å². The molecule has 0 saturated carbocycles. The molecule has 1 amide bonds. The topological polar surface area (TPSA) is 37.3 Å². The predicted molar refractivity (Wildman–Crippen MR) is 63.8 cm³/mol. The number of hydrogen-bond donors (Lipinski definition) is 1. The zero-order valence-electron chi connectivity index (χ0n) is 9.53. The average molecular weight is 242 g/mol. The van der Waals surface area contributed by atoms with Crippen LogP contribution in [-0.2, 0) is 7.05 Å². The number of nitrogens with zero attached hydrogens (tertiary/aromatic N) is 2. The second kappa shape index (κ2) is 4.47. The fourth-order valence-electron chi connectivity index (χ4n) is 2.02. The highest BCUT2D eigenvalue weighted by Crippen LogP contribution is 2.15. The number of hydrogen-bond acceptors (Lipinski definition) is 2. The Morgan fingerprint density at radius 2 is 2.38 bits per heavy atom. The van der Waals surface area contributed by atoms with Crippen molar-refractivity contribution in [2.24, 2.45) is 7.05 Å². The first kappa shape index (κ1) is 11.5. The summed E-state index contributed by atoms with van der Waals surface area (Å²) in [4.78, 5) is 14.1. The Morgan fingerprint density at radius 1 is 1.62 bits per heavy atom. The molecule has 2 heterocycles. The number of piperazine rings is 1. The first-order valence-corrected chi connectivity index (χ1v) is 5.80. The van der Waals surface area contributed by atoms with Crippen molar-refractivity contribution in [2.75, 3.05) is 19.6 Å². The van der Waals surface area contributed by atoms with Gasteiger partial charge in [-0.2, -0.15) is 0 Å². The number of amides is 1. The van der Waals surface area contributed by atoms with Gasteiger partial charge in [-0.25, -0.2) is 0 Å². The van der Waals surface area contributed by atoms with Gasteiger partial charge in [-0.1, -0.05) is 11.6 Å². The van der Waals surface area contributed by atoms with E-state index in [4.69, 9.17) is 11.6 Å². The lowest BCUT2D eigenvalue weighted by atomic mass is 10.2. The standard InChI is InChI=1S/C11H16ClN3O/c1-8-6-15(4-3-13-8)11(16)10-5-9(12)7-14(10)2/h5,7-8,13H,3-4,6H2,1-2H3/t8-/m1/s1. The van der Waals surface area contributed by atoms with Gasteiger partial charge in [-0.15, -0.1) is 0 Å². The van der Waals surface area contributed by atoms with Gasteiger partial charge in [0.1, 0.15) is 5.69 Å². The maximum Gasteiger partial charge on any atom is 0.270 e. The summed E-state index contributed by atoms with van der Waals surface area (Å²) in [5, 5.41) is 3.92. The van der Waals surface area contributed by atoms with Crippen molar-refractivity contribution in [3.05, 3.63) is 23.0 Å². The van der Waals surface area contributed by atoms with Gasteiger partial charge in [0.2, 0.25) is 0 Å². The molecule has 88 valence electrons. The smallest absolute Gasteiger partial charge is 0.270 e. The van der Waals surface area contributed by atoms with Crippen LogP contribution in [0.5, 0.6) is 0 Å². The predicted octanol–water partition coefficient (Wildman–Crippen LogP) is 1.11. The Morgan fingerprint density at radius 3 is 2.94 bits per heavy atom. The fourth-order valence-corrected chi connectivity index (χ4v) is 2.27. The van der Waals surface area contributed by atoms with Crippen LogP contribution in [0.4, 0.5) is 0 Å². The quantitative estimate of drug-likeness (QED) is 0.800. The average Bonchev–Trinajstić information content (AvgIpc) is 2.57. The maximum absolute atomic E-state index is 12.2.